The highest BCUT2D eigenvalue weighted by atomic mass is 16.5. The smallest absolute Gasteiger partial charge is 0.229 e. The second-order valence-corrected chi connectivity index (χ2v) is 4.89. The summed E-state index contributed by atoms with van der Waals surface area (Å²) in [5, 5.41) is 6.51. The number of ether oxygens (including phenoxy) is 1. The lowest BCUT2D eigenvalue weighted by Gasteiger charge is -2.16. The molecule has 4 nitrogen and oxygen atoms in total. The van der Waals surface area contributed by atoms with Crippen molar-refractivity contribution in [2.75, 3.05) is 17.2 Å². The fourth-order valence-corrected chi connectivity index (χ4v) is 2.92. The average Bonchev–Trinajstić information content (AvgIpc) is 2.76. The van der Waals surface area contributed by atoms with Crippen LogP contribution in [0.5, 0.6) is 5.75 Å². The molecule has 2 unspecified atom stereocenters. The number of fused-ring (bicyclic) bond motifs is 2. The van der Waals surface area contributed by atoms with Crippen molar-refractivity contribution < 1.29 is 9.53 Å². The molecule has 1 fully saturated rings. The Hall–Kier alpha value is -1.71. The van der Waals surface area contributed by atoms with Crippen molar-refractivity contribution >= 4 is 17.3 Å². The number of carbonyl (C=O) groups excluding carboxylic acids is 1. The first kappa shape index (κ1) is 11.4. The van der Waals surface area contributed by atoms with E-state index in [-0.39, 0.29) is 17.9 Å². The Bertz CT molecular complexity index is 473. The third kappa shape index (κ3) is 1.82. The quantitative estimate of drug-likeness (QED) is 0.843. The van der Waals surface area contributed by atoms with Crippen LogP contribution in [0.15, 0.2) is 18.2 Å². The number of carbonyl (C=O) groups is 1. The number of hydrogen-bond donors (Lipinski definition) is 2. The highest BCUT2D eigenvalue weighted by molar-refractivity contribution is 6.00. The van der Waals surface area contributed by atoms with Gasteiger partial charge in [-0.1, -0.05) is 12.5 Å². The third-order valence-electron chi connectivity index (χ3n) is 3.77. The maximum atomic E-state index is 12.2. The number of hydrogen-bond acceptors (Lipinski definition) is 3. The van der Waals surface area contributed by atoms with Crippen molar-refractivity contribution in [3.8, 4) is 5.75 Å². The van der Waals surface area contributed by atoms with Gasteiger partial charge < -0.3 is 15.4 Å². The minimum Gasteiger partial charge on any atom is -0.492 e. The van der Waals surface area contributed by atoms with Gasteiger partial charge in [0.2, 0.25) is 5.91 Å². The normalized spacial score (nSPS) is 25.5. The van der Waals surface area contributed by atoms with Gasteiger partial charge in [0, 0.05) is 6.04 Å². The summed E-state index contributed by atoms with van der Waals surface area (Å²) in [5.74, 6) is 0.957. The lowest BCUT2D eigenvalue weighted by molar-refractivity contribution is -0.119. The number of nitrogens with one attached hydrogen (secondary N) is 2. The van der Waals surface area contributed by atoms with Crippen LogP contribution < -0.4 is 15.4 Å². The van der Waals surface area contributed by atoms with E-state index in [1.165, 1.54) is 0 Å². The predicted molar refractivity (Wildman–Crippen MR) is 71.0 cm³/mol. The molecule has 1 amide bonds. The molecule has 1 aliphatic heterocycles. The monoisotopic (exact) mass is 246 g/mol. The summed E-state index contributed by atoms with van der Waals surface area (Å²) < 4.78 is 5.58. The van der Waals surface area contributed by atoms with Crippen LogP contribution in [0, 0.1) is 5.92 Å². The zero-order valence-electron chi connectivity index (χ0n) is 10.5. The van der Waals surface area contributed by atoms with Crippen LogP contribution in [-0.2, 0) is 4.79 Å². The summed E-state index contributed by atoms with van der Waals surface area (Å²) in [6, 6.07) is 6.12. The second kappa shape index (κ2) is 4.52. The van der Waals surface area contributed by atoms with Crippen molar-refractivity contribution in [2.24, 2.45) is 5.92 Å². The van der Waals surface area contributed by atoms with Gasteiger partial charge >= 0.3 is 0 Å². The molecular formula is C14H18N2O2. The van der Waals surface area contributed by atoms with Gasteiger partial charge in [-0.05, 0) is 31.9 Å². The van der Waals surface area contributed by atoms with Crippen molar-refractivity contribution in [1.29, 1.82) is 0 Å². The van der Waals surface area contributed by atoms with Crippen LogP contribution in [0.2, 0.25) is 0 Å². The van der Waals surface area contributed by atoms with Crippen molar-refractivity contribution in [1.82, 2.24) is 0 Å². The van der Waals surface area contributed by atoms with Crippen LogP contribution in [-0.4, -0.2) is 18.6 Å². The summed E-state index contributed by atoms with van der Waals surface area (Å²) in [6.45, 7) is 2.54. The van der Waals surface area contributed by atoms with E-state index < -0.39 is 0 Å². The van der Waals surface area contributed by atoms with Gasteiger partial charge in [-0.2, -0.15) is 0 Å². The van der Waals surface area contributed by atoms with Gasteiger partial charge in [0.15, 0.2) is 0 Å². The minimum absolute atomic E-state index is 0.0897. The minimum atomic E-state index is 0.0897. The first-order valence-electron chi connectivity index (χ1n) is 6.63. The average molecular weight is 246 g/mol. The number of amides is 1. The summed E-state index contributed by atoms with van der Waals surface area (Å²) in [7, 11) is 0. The van der Waals surface area contributed by atoms with Crippen LogP contribution in [0.25, 0.3) is 0 Å². The lowest BCUT2D eigenvalue weighted by Crippen LogP contribution is -2.30. The van der Waals surface area contributed by atoms with E-state index >= 15 is 0 Å². The maximum absolute atomic E-state index is 12.2. The van der Waals surface area contributed by atoms with Crippen LogP contribution in [0.4, 0.5) is 11.4 Å². The molecule has 96 valence electrons. The molecule has 2 aliphatic rings. The molecule has 0 aromatic heterocycles. The molecule has 4 heteroatoms. The van der Waals surface area contributed by atoms with E-state index in [4.69, 9.17) is 4.74 Å². The third-order valence-corrected chi connectivity index (χ3v) is 3.77. The fraction of sp³-hybridized carbons (Fsp3) is 0.500. The summed E-state index contributed by atoms with van der Waals surface area (Å²) >= 11 is 0. The Kier molecular flexibility index (Phi) is 2.86. The standard InChI is InChI=1S/C14H18N2O2/c1-2-18-12-8-4-7-11-13(12)16-14(17)9-5-3-6-10(9)15-11/h4,7-10,15H,2-3,5-6H2,1H3,(H,16,17). The fourth-order valence-electron chi connectivity index (χ4n) is 2.92. The van der Waals surface area contributed by atoms with E-state index in [0.717, 1.165) is 36.4 Å². The van der Waals surface area contributed by atoms with Crippen LogP contribution >= 0.6 is 0 Å². The van der Waals surface area contributed by atoms with E-state index in [1.54, 1.807) is 0 Å². The zero-order chi connectivity index (χ0) is 12.5. The molecule has 2 N–H and O–H groups in total. The number of benzene rings is 1. The highest BCUT2D eigenvalue weighted by Crippen LogP contribution is 2.40. The SMILES string of the molecule is CCOc1cccc2c1NC(=O)C1CCCC1N2. The van der Waals surface area contributed by atoms with Gasteiger partial charge in [0.1, 0.15) is 11.4 Å². The Morgan fingerprint density at radius 2 is 2.28 bits per heavy atom. The molecule has 1 aliphatic carbocycles. The van der Waals surface area contributed by atoms with E-state index in [2.05, 4.69) is 10.6 Å². The largest absolute Gasteiger partial charge is 0.492 e. The molecule has 1 heterocycles. The molecule has 3 rings (SSSR count). The van der Waals surface area contributed by atoms with Crippen molar-refractivity contribution in [3.63, 3.8) is 0 Å². The predicted octanol–water partition coefficient (Wildman–Crippen LogP) is 2.62. The zero-order valence-corrected chi connectivity index (χ0v) is 10.5. The molecule has 0 bridgehead atoms. The lowest BCUT2D eigenvalue weighted by atomic mass is 10.0. The van der Waals surface area contributed by atoms with E-state index in [0.29, 0.717) is 6.61 Å². The Labute approximate surface area is 107 Å². The number of para-hydroxylation sites is 1. The molecular weight excluding hydrogens is 228 g/mol. The summed E-state index contributed by atoms with van der Waals surface area (Å²) in [4.78, 5) is 12.2. The molecule has 18 heavy (non-hydrogen) atoms. The Morgan fingerprint density at radius 3 is 3.11 bits per heavy atom. The molecule has 1 aromatic carbocycles. The van der Waals surface area contributed by atoms with Gasteiger partial charge in [0.25, 0.3) is 0 Å². The van der Waals surface area contributed by atoms with Gasteiger partial charge in [-0.15, -0.1) is 0 Å². The Balaban J connectivity index is 1.99. The van der Waals surface area contributed by atoms with Gasteiger partial charge in [-0.25, -0.2) is 0 Å². The van der Waals surface area contributed by atoms with Gasteiger partial charge in [0.05, 0.1) is 18.2 Å². The van der Waals surface area contributed by atoms with Crippen LogP contribution in [0.1, 0.15) is 26.2 Å². The molecule has 0 radical (unpaired) electrons. The second-order valence-electron chi connectivity index (χ2n) is 4.89. The highest BCUT2D eigenvalue weighted by Gasteiger charge is 2.36. The van der Waals surface area contributed by atoms with Crippen LogP contribution in [0.3, 0.4) is 0 Å². The van der Waals surface area contributed by atoms with Crippen molar-refractivity contribution in [2.45, 2.75) is 32.2 Å². The molecule has 2 atom stereocenters. The first-order chi connectivity index (χ1) is 8.79. The summed E-state index contributed by atoms with van der Waals surface area (Å²) in [6.07, 6.45) is 3.16. The Morgan fingerprint density at radius 1 is 1.39 bits per heavy atom. The van der Waals surface area contributed by atoms with Gasteiger partial charge in [-0.3, -0.25) is 4.79 Å². The summed E-state index contributed by atoms with van der Waals surface area (Å²) in [5.41, 5.74) is 1.77. The number of anilines is 2. The van der Waals surface area contributed by atoms with E-state index in [9.17, 15) is 4.79 Å². The van der Waals surface area contributed by atoms with E-state index in [1.807, 2.05) is 25.1 Å². The molecule has 1 aromatic rings. The molecule has 0 spiro atoms. The molecule has 0 saturated heterocycles. The number of rotatable bonds is 2. The first-order valence-corrected chi connectivity index (χ1v) is 6.63. The molecule has 1 saturated carbocycles. The van der Waals surface area contributed by atoms with Crippen molar-refractivity contribution in [3.05, 3.63) is 18.2 Å². The topological polar surface area (TPSA) is 50.4 Å². The maximum Gasteiger partial charge on any atom is 0.229 e.